The summed E-state index contributed by atoms with van der Waals surface area (Å²) in [5.74, 6) is -0.895. The van der Waals surface area contributed by atoms with Crippen LogP contribution in [0.15, 0.2) is 24.3 Å². The molecule has 1 aliphatic rings. The number of halogens is 2. The fourth-order valence-electron chi connectivity index (χ4n) is 2.51. The number of carbonyl (C=O) groups excluding carboxylic acids is 1. The minimum atomic E-state index is -3.42. The number of benzene rings is 1. The lowest BCUT2D eigenvalue weighted by Crippen LogP contribution is -2.47. The molecule has 0 aliphatic carbocycles. The van der Waals surface area contributed by atoms with Crippen molar-refractivity contribution in [2.24, 2.45) is 0 Å². The SMILES string of the molecule is O=C(NC1CCN(S(=O)(=O)CCCF)CC1)c1ccc(F)cc1. The predicted octanol–water partition coefficient (Wildman–Crippen LogP) is 1.71. The summed E-state index contributed by atoms with van der Waals surface area (Å²) in [6.07, 6.45) is 1.01. The Morgan fingerprint density at radius 2 is 1.83 bits per heavy atom. The zero-order chi connectivity index (χ0) is 16.9. The van der Waals surface area contributed by atoms with Crippen LogP contribution in [0.4, 0.5) is 8.78 Å². The van der Waals surface area contributed by atoms with Gasteiger partial charge in [0, 0.05) is 24.7 Å². The van der Waals surface area contributed by atoms with Crippen LogP contribution < -0.4 is 5.32 Å². The van der Waals surface area contributed by atoms with E-state index in [0.29, 0.717) is 31.5 Å². The summed E-state index contributed by atoms with van der Waals surface area (Å²) < 4.78 is 50.2. The van der Waals surface area contributed by atoms with E-state index in [0.717, 1.165) is 0 Å². The van der Waals surface area contributed by atoms with Gasteiger partial charge in [-0.3, -0.25) is 9.18 Å². The molecule has 0 atom stereocenters. The highest BCUT2D eigenvalue weighted by Crippen LogP contribution is 2.16. The van der Waals surface area contributed by atoms with Crippen LogP contribution in [0.3, 0.4) is 0 Å². The second-order valence-electron chi connectivity index (χ2n) is 5.51. The Kier molecular flexibility index (Phi) is 6.06. The van der Waals surface area contributed by atoms with Gasteiger partial charge in [-0.05, 0) is 43.5 Å². The summed E-state index contributed by atoms with van der Waals surface area (Å²) in [6, 6.07) is 5.12. The molecule has 2 rings (SSSR count). The monoisotopic (exact) mass is 346 g/mol. The Morgan fingerprint density at radius 1 is 1.22 bits per heavy atom. The second kappa shape index (κ2) is 7.83. The number of alkyl halides is 1. The molecule has 0 spiro atoms. The third kappa shape index (κ3) is 4.97. The van der Waals surface area contributed by atoms with E-state index in [1.807, 2.05) is 0 Å². The fourth-order valence-corrected chi connectivity index (χ4v) is 4.01. The van der Waals surface area contributed by atoms with Gasteiger partial charge in [0.2, 0.25) is 10.0 Å². The summed E-state index contributed by atoms with van der Waals surface area (Å²) >= 11 is 0. The number of hydrogen-bond acceptors (Lipinski definition) is 3. The summed E-state index contributed by atoms with van der Waals surface area (Å²) in [5, 5.41) is 2.83. The zero-order valence-corrected chi connectivity index (χ0v) is 13.5. The average Bonchev–Trinajstić information content (AvgIpc) is 2.54. The Hall–Kier alpha value is -1.54. The number of nitrogens with zero attached hydrogens (tertiary/aromatic N) is 1. The predicted molar refractivity (Wildman–Crippen MR) is 82.8 cm³/mol. The molecule has 0 bridgehead atoms. The van der Waals surface area contributed by atoms with Crippen LogP contribution in [-0.2, 0) is 10.0 Å². The molecule has 128 valence electrons. The van der Waals surface area contributed by atoms with Crippen LogP contribution in [0.5, 0.6) is 0 Å². The highest BCUT2D eigenvalue weighted by molar-refractivity contribution is 7.89. The Labute approximate surface area is 134 Å². The fraction of sp³-hybridized carbons (Fsp3) is 0.533. The van der Waals surface area contributed by atoms with Crippen molar-refractivity contribution >= 4 is 15.9 Å². The first-order valence-corrected chi connectivity index (χ1v) is 9.13. The summed E-state index contributed by atoms with van der Waals surface area (Å²) in [6.45, 7) is -0.0324. The third-order valence-corrected chi connectivity index (χ3v) is 5.78. The highest BCUT2D eigenvalue weighted by Gasteiger charge is 2.28. The van der Waals surface area contributed by atoms with Gasteiger partial charge < -0.3 is 5.32 Å². The van der Waals surface area contributed by atoms with Gasteiger partial charge in [-0.25, -0.2) is 17.1 Å². The summed E-state index contributed by atoms with van der Waals surface area (Å²) in [7, 11) is -3.42. The van der Waals surface area contributed by atoms with Crippen molar-refractivity contribution in [3.63, 3.8) is 0 Å². The van der Waals surface area contributed by atoms with Gasteiger partial charge in [-0.15, -0.1) is 0 Å². The van der Waals surface area contributed by atoms with Gasteiger partial charge in [-0.2, -0.15) is 0 Å². The zero-order valence-electron chi connectivity index (χ0n) is 12.7. The number of carbonyl (C=O) groups is 1. The van der Waals surface area contributed by atoms with Gasteiger partial charge in [0.1, 0.15) is 5.82 Å². The lowest BCUT2D eigenvalue weighted by atomic mass is 10.1. The van der Waals surface area contributed by atoms with Crippen LogP contribution in [0, 0.1) is 5.82 Å². The second-order valence-corrected chi connectivity index (χ2v) is 7.60. The standard InChI is InChI=1S/C15H20F2N2O3S/c16-8-1-11-23(21,22)19-9-6-14(7-10-19)18-15(20)12-2-4-13(17)5-3-12/h2-5,14H,1,6-11H2,(H,18,20). The van der Waals surface area contributed by atoms with Gasteiger partial charge in [0.25, 0.3) is 5.91 Å². The first-order chi connectivity index (χ1) is 10.9. The van der Waals surface area contributed by atoms with E-state index in [2.05, 4.69) is 5.32 Å². The van der Waals surface area contributed by atoms with Gasteiger partial charge in [0.05, 0.1) is 12.4 Å². The number of nitrogens with one attached hydrogen (secondary N) is 1. The molecular formula is C15H20F2N2O3S. The Morgan fingerprint density at radius 3 is 2.39 bits per heavy atom. The number of sulfonamides is 1. The minimum absolute atomic E-state index is 0.00354. The minimum Gasteiger partial charge on any atom is -0.349 e. The average molecular weight is 346 g/mol. The van der Waals surface area contributed by atoms with E-state index >= 15 is 0 Å². The lowest BCUT2D eigenvalue weighted by molar-refractivity contribution is 0.0924. The molecule has 1 aromatic carbocycles. The molecule has 8 heteroatoms. The van der Waals surface area contributed by atoms with Crippen molar-refractivity contribution in [1.82, 2.24) is 9.62 Å². The Bertz CT molecular complexity index is 627. The number of hydrogen-bond donors (Lipinski definition) is 1. The molecule has 1 fully saturated rings. The summed E-state index contributed by atoms with van der Waals surface area (Å²) in [5.41, 5.74) is 0.365. The number of rotatable bonds is 6. The van der Waals surface area contributed by atoms with Crippen LogP contribution in [-0.4, -0.2) is 50.2 Å². The molecule has 0 saturated carbocycles. The molecule has 23 heavy (non-hydrogen) atoms. The largest absolute Gasteiger partial charge is 0.349 e. The summed E-state index contributed by atoms with van der Waals surface area (Å²) in [4.78, 5) is 12.0. The van der Waals surface area contributed by atoms with E-state index < -0.39 is 22.5 Å². The van der Waals surface area contributed by atoms with Crippen LogP contribution in [0.2, 0.25) is 0 Å². The maximum absolute atomic E-state index is 12.8. The number of piperidine rings is 1. The molecule has 0 unspecified atom stereocenters. The molecule has 1 aliphatic heterocycles. The van der Waals surface area contributed by atoms with Crippen molar-refractivity contribution < 1.29 is 22.0 Å². The first-order valence-electron chi connectivity index (χ1n) is 7.52. The molecule has 5 nitrogen and oxygen atoms in total. The number of amides is 1. The smallest absolute Gasteiger partial charge is 0.251 e. The molecule has 0 radical (unpaired) electrons. The molecule has 1 saturated heterocycles. The van der Waals surface area contributed by atoms with Crippen molar-refractivity contribution in [2.75, 3.05) is 25.5 Å². The lowest BCUT2D eigenvalue weighted by Gasteiger charge is -2.31. The van der Waals surface area contributed by atoms with Crippen LogP contribution in [0.1, 0.15) is 29.6 Å². The molecule has 0 aromatic heterocycles. The molecule has 1 amide bonds. The molecule has 1 aromatic rings. The van der Waals surface area contributed by atoms with Crippen molar-refractivity contribution in [2.45, 2.75) is 25.3 Å². The molecular weight excluding hydrogens is 326 g/mol. The topological polar surface area (TPSA) is 66.5 Å². The van der Waals surface area contributed by atoms with Gasteiger partial charge >= 0.3 is 0 Å². The van der Waals surface area contributed by atoms with Gasteiger partial charge in [-0.1, -0.05) is 0 Å². The quantitative estimate of drug-likeness (QED) is 0.853. The first kappa shape index (κ1) is 17.8. The molecule has 1 heterocycles. The third-order valence-electron chi connectivity index (χ3n) is 3.82. The maximum atomic E-state index is 12.8. The van der Waals surface area contributed by atoms with Crippen LogP contribution in [0.25, 0.3) is 0 Å². The maximum Gasteiger partial charge on any atom is 0.251 e. The van der Waals surface area contributed by atoms with E-state index in [9.17, 15) is 22.0 Å². The molecule has 1 N–H and O–H groups in total. The highest BCUT2D eigenvalue weighted by atomic mass is 32.2. The normalized spacial score (nSPS) is 17.1. The van der Waals surface area contributed by atoms with Gasteiger partial charge in [0.15, 0.2) is 0 Å². The van der Waals surface area contributed by atoms with E-state index in [-0.39, 0.29) is 24.1 Å². The Balaban J connectivity index is 1.85. The van der Waals surface area contributed by atoms with Crippen molar-refractivity contribution in [3.8, 4) is 0 Å². The van der Waals surface area contributed by atoms with E-state index in [1.165, 1.54) is 28.6 Å². The van der Waals surface area contributed by atoms with Crippen molar-refractivity contribution in [1.29, 1.82) is 0 Å². The van der Waals surface area contributed by atoms with Crippen LogP contribution >= 0.6 is 0 Å². The van der Waals surface area contributed by atoms with E-state index in [4.69, 9.17) is 0 Å². The van der Waals surface area contributed by atoms with E-state index in [1.54, 1.807) is 0 Å². The van der Waals surface area contributed by atoms with Crippen molar-refractivity contribution in [3.05, 3.63) is 35.6 Å².